The maximum atomic E-state index is 6.01. The molecule has 18 heavy (non-hydrogen) atoms. The van der Waals surface area contributed by atoms with E-state index in [2.05, 4.69) is 44.0 Å². The van der Waals surface area contributed by atoms with Gasteiger partial charge in [0.15, 0.2) is 0 Å². The summed E-state index contributed by atoms with van der Waals surface area (Å²) in [6.07, 6.45) is 0.885. The molecule has 0 N–H and O–H groups in total. The summed E-state index contributed by atoms with van der Waals surface area (Å²) < 4.78 is 1.09. The normalized spacial score (nSPS) is 12.4. The maximum Gasteiger partial charge on any atom is 0.0436 e. The number of hydrogen-bond acceptors (Lipinski definition) is 0. The molecule has 2 aromatic rings. The first-order chi connectivity index (χ1) is 8.54. The average Bonchev–Trinajstić information content (AvgIpc) is 2.27. The minimum atomic E-state index is 0.197. The molecule has 0 amide bonds. The van der Waals surface area contributed by atoms with Gasteiger partial charge in [-0.05, 0) is 47.9 Å². The molecule has 1 atom stereocenters. The molecule has 0 aromatic heterocycles. The second-order valence-corrected chi connectivity index (χ2v) is 6.90. The van der Waals surface area contributed by atoms with E-state index in [-0.39, 0.29) is 4.83 Å². The van der Waals surface area contributed by atoms with E-state index >= 15 is 0 Å². The monoisotopic (exact) mass is 406 g/mol. The average molecular weight is 409 g/mol. The lowest BCUT2D eigenvalue weighted by molar-refractivity contribution is 0.948. The Kier molecular flexibility index (Phi) is 5.14. The quantitative estimate of drug-likeness (QED) is 0.513. The summed E-state index contributed by atoms with van der Waals surface area (Å²) in [7, 11) is 0. The van der Waals surface area contributed by atoms with Crippen LogP contribution in [-0.4, -0.2) is 0 Å². The molecule has 4 heteroatoms. The molecule has 0 aliphatic heterocycles. The fourth-order valence-corrected chi connectivity index (χ4v) is 3.37. The predicted molar refractivity (Wildman–Crippen MR) is 86.0 cm³/mol. The Morgan fingerprint density at radius 2 is 1.67 bits per heavy atom. The van der Waals surface area contributed by atoms with Crippen LogP contribution in [0.5, 0.6) is 0 Å². The van der Waals surface area contributed by atoms with Gasteiger partial charge in [-0.25, -0.2) is 0 Å². The highest BCUT2D eigenvalue weighted by atomic mass is 79.9. The number of benzene rings is 2. The summed E-state index contributed by atoms with van der Waals surface area (Å²) in [6, 6.07) is 13.9. The van der Waals surface area contributed by atoms with Crippen LogP contribution in [-0.2, 0) is 6.42 Å². The SMILES string of the molecule is Clc1cc(Cl)cc(C(Br)Cc2cccc(Br)c2)c1. The minimum Gasteiger partial charge on any atom is -0.0843 e. The molecule has 94 valence electrons. The Labute approximate surface area is 134 Å². The van der Waals surface area contributed by atoms with E-state index in [1.165, 1.54) is 5.56 Å². The van der Waals surface area contributed by atoms with Gasteiger partial charge in [0.1, 0.15) is 0 Å². The zero-order chi connectivity index (χ0) is 13.1. The largest absolute Gasteiger partial charge is 0.0843 e. The van der Waals surface area contributed by atoms with E-state index in [0.29, 0.717) is 10.0 Å². The molecule has 0 aliphatic rings. The topological polar surface area (TPSA) is 0 Å². The van der Waals surface area contributed by atoms with E-state index in [1.54, 1.807) is 6.07 Å². The summed E-state index contributed by atoms with van der Waals surface area (Å²) in [4.78, 5) is 0.197. The molecular weight excluding hydrogens is 399 g/mol. The molecule has 0 heterocycles. The maximum absolute atomic E-state index is 6.01. The molecule has 0 radical (unpaired) electrons. The fraction of sp³-hybridized carbons (Fsp3) is 0.143. The molecular formula is C14H10Br2Cl2. The molecule has 0 saturated heterocycles. The summed E-state index contributed by atoms with van der Waals surface area (Å²) in [5.74, 6) is 0. The van der Waals surface area contributed by atoms with Crippen LogP contribution in [0, 0.1) is 0 Å². The third-order valence-corrected chi connectivity index (χ3v) is 4.33. The lowest BCUT2D eigenvalue weighted by atomic mass is 10.0. The van der Waals surface area contributed by atoms with Gasteiger partial charge >= 0.3 is 0 Å². The molecule has 2 rings (SSSR count). The zero-order valence-corrected chi connectivity index (χ0v) is 14.0. The van der Waals surface area contributed by atoms with E-state index < -0.39 is 0 Å². The van der Waals surface area contributed by atoms with Gasteiger partial charge in [-0.1, -0.05) is 67.2 Å². The van der Waals surface area contributed by atoms with Crippen LogP contribution in [0.2, 0.25) is 10.0 Å². The van der Waals surface area contributed by atoms with Crippen molar-refractivity contribution in [3.05, 3.63) is 68.1 Å². The van der Waals surface area contributed by atoms with Crippen molar-refractivity contribution in [2.24, 2.45) is 0 Å². The van der Waals surface area contributed by atoms with Crippen LogP contribution in [0.15, 0.2) is 46.9 Å². The molecule has 0 fully saturated rings. The fourth-order valence-electron chi connectivity index (χ4n) is 1.74. The lowest BCUT2D eigenvalue weighted by Gasteiger charge is -2.11. The Balaban J connectivity index is 2.19. The summed E-state index contributed by atoms with van der Waals surface area (Å²) >= 11 is 19.2. The van der Waals surface area contributed by atoms with Gasteiger partial charge in [0.25, 0.3) is 0 Å². The van der Waals surface area contributed by atoms with Crippen molar-refractivity contribution in [3.8, 4) is 0 Å². The highest BCUT2D eigenvalue weighted by Gasteiger charge is 2.10. The summed E-state index contributed by atoms with van der Waals surface area (Å²) in [6.45, 7) is 0. The molecule has 2 aromatic carbocycles. The van der Waals surface area contributed by atoms with E-state index in [1.807, 2.05) is 24.3 Å². The van der Waals surface area contributed by atoms with Crippen LogP contribution >= 0.6 is 55.1 Å². The predicted octanol–water partition coefficient (Wildman–Crippen LogP) is 6.43. The van der Waals surface area contributed by atoms with Crippen LogP contribution in [0.4, 0.5) is 0 Å². The van der Waals surface area contributed by atoms with E-state index in [0.717, 1.165) is 16.5 Å². The molecule has 0 bridgehead atoms. The third-order valence-electron chi connectivity index (χ3n) is 2.55. The second-order valence-electron chi connectivity index (χ2n) is 4.00. The molecule has 0 aliphatic carbocycles. The van der Waals surface area contributed by atoms with Gasteiger partial charge in [-0.3, -0.25) is 0 Å². The first-order valence-corrected chi connectivity index (χ1v) is 7.85. The van der Waals surface area contributed by atoms with Crippen LogP contribution in [0.1, 0.15) is 16.0 Å². The first kappa shape index (κ1) is 14.4. The van der Waals surface area contributed by atoms with Crippen LogP contribution < -0.4 is 0 Å². The van der Waals surface area contributed by atoms with Gasteiger partial charge in [-0.15, -0.1) is 0 Å². The number of halogens is 4. The lowest BCUT2D eigenvalue weighted by Crippen LogP contribution is -1.95. The van der Waals surface area contributed by atoms with Gasteiger partial charge in [0.05, 0.1) is 0 Å². The smallest absolute Gasteiger partial charge is 0.0436 e. The van der Waals surface area contributed by atoms with Gasteiger partial charge in [0, 0.05) is 19.3 Å². The first-order valence-electron chi connectivity index (χ1n) is 5.39. The van der Waals surface area contributed by atoms with Crippen molar-refractivity contribution in [1.82, 2.24) is 0 Å². The number of hydrogen-bond donors (Lipinski definition) is 0. The van der Waals surface area contributed by atoms with Gasteiger partial charge in [-0.2, -0.15) is 0 Å². The van der Waals surface area contributed by atoms with Crippen molar-refractivity contribution >= 4 is 55.1 Å². The van der Waals surface area contributed by atoms with E-state index in [9.17, 15) is 0 Å². The highest BCUT2D eigenvalue weighted by Crippen LogP contribution is 2.31. The van der Waals surface area contributed by atoms with Crippen molar-refractivity contribution in [2.75, 3.05) is 0 Å². The summed E-state index contributed by atoms with van der Waals surface area (Å²) in [5.41, 5.74) is 2.34. The number of alkyl halides is 1. The standard InChI is InChI=1S/C14H10Br2Cl2/c15-11-3-1-2-9(4-11)5-14(16)10-6-12(17)8-13(18)7-10/h1-4,6-8,14H,5H2. The third kappa shape index (κ3) is 3.99. The Morgan fingerprint density at radius 1 is 1.00 bits per heavy atom. The van der Waals surface area contributed by atoms with Crippen molar-refractivity contribution in [1.29, 1.82) is 0 Å². The highest BCUT2D eigenvalue weighted by molar-refractivity contribution is 9.10. The van der Waals surface area contributed by atoms with E-state index in [4.69, 9.17) is 23.2 Å². The van der Waals surface area contributed by atoms with Crippen molar-refractivity contribution in [2.45, 2.75) is 11.2 Å². The Hall–Kier alpha value is -0.0200. The van der Waals surface area contributed by atoms with Crippen molar-refractivity contribution in [3.63, 3.8) is 0 Å². The van der Waals surface area contributed by atoms with Crippen molar-refractivity contribution < 1.29 is 0 Å². The molecule has 0 nitrogen and oxygen atoms in total. The van der Waals surface area contributed by atoms with Crippen LogP contribution in [0.25, 0.3) is 0 Å². The second kappa shape index (κ2) is 6.42. The molecule has 0 spiro atoms. The zero-order valence-electron chi connectivity index (χ0n) is 9.34. The minimum absolute atomic E-state index is 0.197. The van der Waals surface area contributed by atoms with Crippen LogP contribution in [0.3, 0.4) is 0 Å². The Bertz CT molecular complexity index is 535. The van der Waals surface area contributed by atoms with Gasteiger partial charge < -0.3 is 0 Å². The molecule has 1 unspecified atom stereocenters. The number of rotatable bonds is 3. The summed E-state index contributed by atoms with van der Waals surface area (Å²) in [5, 5.41) is 1.33. The molecule has 0 saturated carbocycles. The van der Waals surface area contributed by atoms with Gasteiger partial charge in [0.2, 0.25) is 0 Å². The Morgan fingerprint density at radius 3 is 2.28 bits per heavy atom.